The van der Waals surface area contributed by atoms with Crippen molar-refractivity contribution < 1.29 is 4.79 Å². The van der Waals surface area contributed by atoms with Crippen LogP contribution in [0.1, 0.15) is 31.3 Å². The Bertz CT molecular complexity index is 293. The fourth-order valence-electron chi connectivity index (χ4n) is 1.25. The van der Waals surface area contributed by atoms with Gasteiger partial charge in [0.25, 0.3) is 0 Å². The lowest BCUT2D eigenvalue weighted by Gasteiger charge is -2.02. The van der Waals surface area contributed by atoms with Crippen molar-refractivity contribution in [3.63, 3.8) is 0 Å². The number of aryl methyl sites for hydroxylation is 1. The third kappa shape index (κ3) is 3.60. The van der Waals surface area contributed by atoms with Crippen molar-refractivity contribution in [2.75, 3.05) is 6.54 Å². The third-order valence-corrected chi connectivity index (χ3v) is 1.95. The van der Waals surface area contributed by atoms with Gasteiger partial charge in [0.15, 0.2) is 0 Å². The van der Waals surface area contributed by atoms with Crippen molar-refractivity contribution in [3.05, 3.63) is 17.7 Å². The maximum Gasteiger partial charge on any atom is 0.219 e. The van der Waals surface area contributed by atoms with Crippen LogP contribution in [-0.4, -0.2) is 22.4 Å². The van der Waals surface area contributed by atoms with Gasteiger partial charge < -0.3 is 10.3 Å². The average molecular weight is 195 g/mol. The topological polar surface area (TPSA) is 57.8 Å². The van der Waals surface area contributed by atoms with Crippen molar-refractivity contribution >= 4 is 5.91 Å². The minimum Gasteiger partial charge on any atom is -0.356 e. The Kier molecular flexibility index (Phi) is 4.16. The quantitative estimate of drug-likeness (QED) is 0.741. The van der Waals surface area contributed by atoms with Gasteiger partial charge in [0.1, 0.15) is 5.82 Å². The lowest BCUT2D eigenvalue weighted by molar-refractivity contribution is -0.121. The molecule has 1 amide bonds. The zero-order chi connectivity index (χ0) is 10.4. The summed E-state index contributed by atoms with van der Waals surface area (Å²) in [5.41, 5.74) is 1.07. The van der Waals surface area contributed by atoms with E-state index in [1.54, 1.807) is 6.20 Å². The summed E-state index contributed by atoms with van der Waals surface area (Å²) >= 11 is 0. The third-order valence-electron chi connectivity index (χ3n) is 1.95. The monoisotopic (exact) mass is 195 g/mol. The Morgan fingerprint density at radius 1 is 1.64 bits per heavy atom. The molecular weight excluding hydrogens is 178 g/mol. The van der Waals surface area contributed by atoms with Crippen LogP contribution >= 0.6 is 0 Å². The first-order chi connectivity index (χ1) is 6.72. The predicted molar refractivity (Wildman–Crippen MR) is 54.9 cm³/mol. The predicted octanol–water partition coefficient (Wildman–Crippen LogP) is 1.18. The second kappa shape index (κ2) is 5.42. The molecule has 78 valence electrons. The highest BCUT2D eigenvalue weighted by molar-refractivity contribution is 5.75. The van der Waals surface area contributed by atoms with Gasteiger partial charge in [-0.1, -0.05) is 6.92 Å². The number of nitrogens with zero attached hydrogens (tertiary/aromatic N) is 1. The number of hydrogen-bond acceptors (Lipinski definition) is 2. The standard InChI is InChI=1S/C10H17N3O/c1-3-4-10(14)11-6-5-9-7-12-8(2)13-9/h7H,3-6H2,1-2H3,(H,11,14)(H,12,13). The van der Waals surface area contributed by atoms with E-state index in [4.69, 9.17) is 0 Å². The van der Waals surface area contributed by atoms with Gasteiger partial charge in [-0.3, -0.25) is 4.79 Å². The summed E-state index contributed by atoms with van der Waals surface area (Å²) in [5, 5.41) is 2.85. The molecule has 0 aromatic carbocycles. The number of carbonyl (C=O) groups excluding carboxylic acids is 1. The van der Waals surface area contributed by atoms with Crippen molar-refractivity contribution in [1.29, 1.82) is 0 Å². The molecule has 0 spiro atoms. The van der Waals surface area contributed by atoms with Gasteiger partial charge in [-0.15, -0.1) is 0 Å². The van der Waals surface area contributed by atoms with Crippen LogP contribution in [0.5, 0.6) is 0 Å². The molecule has 1 aromatic rings. The molecule has 1 heterocycles. The molecule has 1 rings (SSSR count). The van der Waals surface area contributed by atoms with Crippen molar-refractivity contribution in [2.24, 2.45) is 0 Å². The number of aromatic amines is 1. The van der Waals surface area contributed by atoms with E-state index in [0.717, 1.165) is 24.4 Å². The normalized spacial score (nSPS) is 10.1. The number of nitrogens with one attached hydrogen (secondary N) is 2. The summed E-state index contributed by atoms with van der Waals surface area (Å²) < 4.78 is 0. The smallest absolute Gasteiger partial charge is 0.219 e. The molecule has 0 aliphatic heterocycles. The molecule has 0 fully saturated rings. The molecule has 14 heavy (non-hydrogen) atoms. The molecule has 0 radical (unpaired) electrons. The molecule has 0 aliphatic rings. The lowest BCUT2D eigenvalue weighted by Crippen LogP contribution is -2.25. The fourth-order valence-corrected chi connectivity index (χ4v) is 1.25. The fraction of sp³-hybridized carbons (Fsp3) is 0.600. The van der Waals surface area contributed by atoms with Crippen LogP contribution in [-0.2, 0) is 11.2 Å². The van der Waals surface area contributed by atoms with Crippen LogP contribution in [0.4, 0.5) is 0 Å². The SMILES string of the molecule is CCCC(=O)NCCc1cnc(C)[nH]1. The minimum atomic E-state index is 0.128. The highest BCUT2D eigenvalue weighted by Gasteiger charge is 1.99. The van der Waals surface area contributed by atoms with Gasteiger partial charge in [-0.05, 0) is 13.3 Å². The van der Waals surface area contributed by atoms with E-state index in [9.17, 15) is 4.79 Å². The molecule has 0 saturated heterocycles. The average Bonchev–Trinajstić information content (AvgIpc) is 2.52. The summed E-state index contributed by atoms with van der Waals surface area (Å²) in [6, 6.07) is 0. The van der Waals surface area contributed by atoms with Crippen molar-refractivity contribution in [3.8, 4) is 0 Å². The number of rotatable bonds is 5. The van der Waals surface area contributed by atoms with E-state index in [2.05, 4.69) is 15.3 Å². The van der Waals surface area contributed by atoms with Gasteiger partial charge in [-0.2, -0.15) is 0 Å². The number of aromatic nitrogens is 2. The highest BCUT2D eigenvalue weighted by Crippen LogP contribution is 1.95. The maximum atomic E-state index is 11.1. The first kappa shape index (κ1) is 10.8. The Labute approximate surface area is 84.1 Å². The number of imidazole rings is 1. The molecule has 0 bridgehead atoms. The highest BCUT2D eigenvalue weighted by atomic mass is 16.1. The molecule has 4 nitrogen and oxygen atoms in total. The number of hydrogen-bond donors (Lipinski definition) is 2. The van der Waals surface area contributed by atoms with E-state index in [1.807, 2.05) is 13.8 Å². The zero-order valence-corrected chi connectivity index (χ0v) is 8.76. The van der Waals surface area contributed by atoms with Crippen LogP contribution in [0.25, 0.3) is 0 Å². The molecule has 4 heteroatoms. The van der Waals surface area contributed by atoms with Gasteiger partial charge in [0.05, 0.1) is 0 Å². The van der Waals surface area contributed by atoms with Crippen LogP contribution in [0.15, 0.2) is 6.20 Å². The summed E-state index contributed by atoms with van der Waals surface area (Å²) in [6.07, 6.45) is 4.13. The van der Waals surface area contributed by atoms with E-state index >= 15 is 0 Å². The molecule has 0 saturated carbocycles. The van der Waals surface area contributed by atoms with Crippen molar-refractivity contribution in [1.82, 2.24) is 15.3 Å². The molecule has 2 N–H and O–H groups in total. The van der Waals surface area contributed by atoms with E-state index < -0.39 is 0 Å². The van der Waals surface area contributed by atoms with Crippen LogP contribution in [0.2, 0.25) is 0 Å². The Balaban J connectivity index is 2.18. The summed E-state index contributed by atoms with van der Waals surface area (Å²) in [6.45, 7) is 4.59. The molecule has 1 aromatic heterocycles. The van der Waals surface area contributed by atoms with Crippen LogP contribution < -0.4 is 5.32 Å². The van der Waals surface area contributed by atoms with Gasteiger partial charge in [-0.25, -0.2) is 4.98 Å². The van der Waals surface area contributed by atoms with Crippen LogP contribution in [0.3, 0.4) is 0 Å². The zero-order valence-electron chi connectivity index (χ0n) is 8.76. The van der Waals surface area contributed by atoms with Crippen LogP contribution in [0, 0.1) is 6.92 Å². The van der Waals surface area contributed by atoms with Gasteiger partial charge >= 0.3 is 0 Å². The first-order valence-electron chi connectivity index (χ1n) is 4.99. The number of H-pyrrole nitrogens is 1. The second-order valence-electron chi connectivity index (χ2n) is 3.34. The molecular formula is C10H17N3O. The molecule has 0 aliphatic carbocycles. The second-order valence-corrected chi connectivity index (χ2v) is 3.34. The van der Waals surface area contributed by atoms with E-state index in [1.165, 1.54) is 0 Å². The Morgan fingerprint density at radius 3 is 3.00 bits per heavy atom. The summed E-state index contributed by atoms with van der Waals surface area (Å²) in [7, 11) is 0. The Morgan fingerprint density at radius 2 is 2.43 bits per heavy atom. The largest absolute Gasteiger partial charge is 0.356 e. The Hall–Kier alpha value is -1.32. The first-order valence-corrected chi connectivity index (χ1v) is 4.99. The van der Waals surface area contributed by atoms with E-state index in [0.29, 0.717) is 13.0 Å². The van der Waals surface area contributed by atoms with Gasteiger partial charge in [0, 0.05) is 31.3 Å². The number of carbonyl (C=O) groups is 1. The van der Waals surface area contributed by atoms with Gasteiger partial charge in [0.2, 0.25) is 5.91 Å². The lowest BCUT2D eigenvalue weighted by atomic mass is 10.3. The molecule has 0 unspecified atom stereocenters. The van der Waals surface area contributed by atoms with E-state index in [-0.39, 0.29) is 5.91 Å². The maximum absolute atomic E-state index is 11.1. The number of amides is 1. The minimum absolute atomic E-state index is 0.128. The van der Waals surface area contributed by atoms with Crippen molar-refractivity contribution in [2.45, 2.75) is 33.1 Å². The summed E-state index contributed by atoms with van der Waals surface area (Å²) in [4.78, 5) is 18.3. The molecule has 0 atom stereocenters. The summed E-state index contributed by atoms with van der Waals surface area (Å²) in [5.74, 6) is 1.05.